The molecule has 0 unspecified atom stereocenters. The maximum Gasteiger partial charge on any atom is 0.276 e. The second-order valence-corrected chi connectivity index (χ2v) is 6.95. The molecule has 5 nitrogen and oxygen atoms in total. The molecule has 122 valence electrons. The van der Waals surface area contributed by atoms with E-state index in [1.165, 1.54) is 0 Å². The lowest BCUT2D eigenvalue weighted by Gasteiger charge is -2.10. The first kappa shape index (κ1) is 17.0. The van der Waals surface area contributed by atoms with Gasteiger partial charge in [0.25, 0.3) is 10.0 Å². The van der Waals surface area contributed by atoms with E-state index in [9.17, 15) is 13.5 Å². The van der Waals surface area contributed by atoms with Crippen LogP contribution in [0.15, 0.2) is 52.5 Å². The van der Waals surface area contributed by atoms with E-state index < -0.39 is 10.0 Å². The molecular weight excluding hydrogens is 312 g/mol. The number of rotatable bonds is 5. The quantitative estimate of drug-likeness (QED) is 0.652. The average Bonchev–Trinajstić information content (AvgIpc) is 2.51. The molecule has 0 aliphatic carbocycles. The Balaban J connectivity index is 2.32. The monoisotopic (exact) mass is 332 g/mol. The third-order valence-electron chi connectivity index (χ3n) is 3.47. The minimum Gasteiger partial charge on any atom is -0.508 e. The molecule has 23 heavy (non-hydrogen) atoms. The van der Waals surface area contributed by atoms with Crippen molar-refractivity contribution in [3.05, 3.63) is 59.2 Å². The molecule has 0 amide bonds. The van der Waals surface area contributed by atoms with Crippen molar-refractivity contribution in [1.82, 2.24) is 4.83 Å². The molecule has 2 N–H and O–H groups in total. The van der Waals surface area contributed by atoms with Gasteiger partial charge in [0.05, 0.1) is 10.6 Å². The predicted octanol–water partition coefficient (Wildman–Crippen LogP) is 3.10. The zero-order valence-electron chi connectivity index (χ0n) is 13.4. The van der Waals surface area contributed by atoms with Crippen LogP contribution in [0, 0.1) is 13.8 Å². The fraction of sp³-hybridized carbons (Fsp3) is 0.235. The number of aryl methyl sites for hydroxylation is 2. The molecule has 6 heteroatoms. The van der Waals surface area contributed by atoms with E-state index in [0.29, 0.717) is 17.7 Å². The third kappa shape index (κ3) is 4.10. The van der Waals surface area contributed by atoms with Crippen molar-refractivity contribution in [2.24, 2.45) is 5.10 Å². The fourth-order valence-electron chi connectivity index (χ4n) is 2.16. The highest BCUT2D eigenvalue weighted by atomic mass is 32.2. The smallest absolute Gasteiger partial charge is 0.276 e. The van der Waals surface area contributed by atoms with Crippen LogP contribution >= 0.6 is 0 Å². The van der Waals surface area contributed by atoms with Gasteiger partial charge in [-0.3, -0.25) is 0 Å². The Morgan fingerprint density at radius 2 is 1.78 bits per heavy atom. The molecule has 0 saturated carbocycles. The second kappa shape index (κ2) is 6.83. The maximum atomic E-state index is 12.5. The molecule has 0 aromatic heterocycles. The number of sulfonamides is 1. The molecule has 0 heterocycles. The van der Waals surface area contributed by atoms with Crippen LogP contribution in [0.5, 0.6) is 5.75 Å². The van der Waals surface area contributed by atoms with Crippen molar-refractivity contribution in [2.75, 3.05) is 0 Å². The summed E-state index contributed by atoms with van der Waals surface area (Å²) >= 11 is 0. The molecule has 0 atom stereocenters. The first-order valence-electron chi connectivity index (χ1n) is 7.28. The fourth-order valence-corrected chi connectivity index (χ4v) is 3.32. The summed E-state index contributed by atoms with van der Waals surface area (Å²) < 4.78 is 24.9. The lowest BCUT2D eigenvalue weighted by Crippen LogP contribution is -2.21. The molecule has 0 fully saturated rings. The van der Waals surface area contributed by atoms with E-state index in [1.807, 2.05) is 19.9 Å². The van der Waals surface area contributed by atoms with Gasteiger partial charge in [0.1, 0.15) is 5.75 Å². The molecule has 0 saturated heterocycles. The summed E-state index contributed by atoms with van der Waals surface area (Å²) in [5.74, 6) is 0.153. The Morgan fingerprint density at radius 1 is 1.13 bits per heavy atom. The zero-order valence-corrected chi connectivity index (χ0v) is 14.2. The van der Waals surface area contributed by atoms with Gasteiger partial charge in [0, 0.05) is 0 Å². The van der Waals surface area contributed by atoms with Gasteiger partial charge in [0.15, 0.2) is 0 Å². The van der Waals surface area contributed by atoms with E-state index in [-0.39, 0.29) is 10.6 Å². The van der Waals surface area contributed by atoms with Crippen molar-refractivity contribution in [1.29, 1.82) is 0 Å². The van der Waals surface area contributed by atoms with Gasteiger partial charge >= 0.3 is 0 Å². The van der Waals surface area contributed by atoms with Gasteiger partial charge in [-0.05, 0) is 67.3 Å². The topological polar surface area (TPSA) is 78.8 Å². The van der Waals surface area contributed by atoms with Gasteiger partial charge < -0.3 is 5.11 Å². The number of nitrogens with one attached hydrogen (secondary N) is 1. The lowest BCUT2D eigenvalue weighted by atomic mass is 10.1. The van der Waals surface area contributed by atoms with Gasteiger partial charge in [-0.1, -0.05) is 19.1 Å². The number of hydrogen-bond donors (Lipinski definition) is 2. The van der Waals surface area contributed by atoms with Crippen LogP contribution in [0.2, 0.25) is 0 Å². The van der Waals surface area contributed by atoms with Crippen molar-refractivity contribution < 1.29 is 13.5 Å². The number of hydrogen-bond acceptors (Lipinski definition) is 4. The van der Waals surface area contributed by atoms with Crippen molar-refractivity contribution >= 4 is 15.7 Å². The first-order chi connectivity index (χ1) is 10.8. The standard InChI is InChI=1S/C17H20N2O3S/c1-4-16(14-7-9-15(20)10-8-14)18-19-23(21,22)17-11-12(2)5-6-13(17)3/h5-11,19-20H,4H2,1-3H3/b18-16+. The average molecular weight is 332 g/mol. The van der Waals surface area contributed by atoms with Gasteiger partial charge in [0.2, 0.25) is 0 Å². The van der Waals surface area contributed by atoms with Crippen LogP contribution in [0.25, 0.3) is 0 Å². The van der Waals surface area contributed by atoms with E-state index in [4.69, 9.17) is 0 Å². The summed E-state index contributed by atoms with van der Waals surface area (Å²) in [6, 6.07) is 11.7. The number of nitrogens with zero attached hydrogens (tertiary/aromatic N) is 1. The molecule has 2 aromatic rings. The first-order valence-corrected chi connectivity index (χ1v) is 8.77. The zero-order chi connectivity index (χ0) is 17.0. The Morgan fingerprint density at radius 3 is 2.39 bits per heavy atom. The van der Waals surface area contributed by atoms with Crippen LogP contribution in [0.1, 0.15) is 30.0 Å². The Kier molecular flexibility index (Phi) is 5.05. The largest absolute Gasteiger partial charge is 0.508 e. The minimum absolute atomic E-state index is 0.153. The van der Waals surface area contributed by atoms with Gasteiger partial charge in [-0.15, -0.1) is 0 Å². The Bertz CT molecular complexity index is 825. The summed E-state index contributed by atoms with van der Waals surface area (Å²) in [4.78, 5) is 2.53. The maximum absolute atomic E-state index is 12.5. The molecule has 0 aliphatic rings. The highest BCUT2D eigenvalue weighted by Gasteiger charge is 2.16. The third-order valence-corrected chi connectivity index (χ3v) is 4.82. The van der Waals surface area contributed by atoms with Gasteiger partial charge in [-0.2, -0.15) is 18.4 Å². The number of aromatic hydroxyl groups is 1. The van der Waals surface area contributed by atoms with Crippen LogP contribution in [-0.2, 0) is 10.0 Å². The van der Waals surface area contributed by atoms with Crippen molar-refractivity contribution in [2.45, 2.75) is 32.1 Å². The van der Waals surface area contributed by atoms with E-state index >= 15 is 0 Å². The Hall–Kier alpha value is -2.34. The SMILES string of the molecule is CC/C(=N\NS(=O)(=O)c1cc(C)ccc1C)c1ccc(O)cc1. The minimum atomic E-state index is -3.72. The molecule has 0 bridgehead atoms. The number of phenols is 1. The summed E-state index contributed by atoms with van der Waals surface area (Å²) in [5, 5.41) is 13.4. The Labute approximate surface area is 136 Å². The number of hydrazone groups is 1. The molecule has 0 radical (unpaired) electrons. The van der Waals surface area contributed by atoms with Crippen LogP contribution in [0.3, 0.4) is 0 Å². The summed E-state index contributed by atoms with van der Waals surface area (Å²) in [5.41, 5.74) is 2.89. The summed E-state index contributed by atoms with van der Waals surface area (Å²) in [6.45, 7) is 5.48. The molecule has 2 rings (SSSR count). The van der Waals surface area contributed by atoms with E-state index in [0.717, 1.165) is 11.1 Å². The predicted molar refractivity (Wildman–Crippen MR) is 91.2 cm³/mol. The summed E-state index contributed by atoms with van der Waals surface area (Å²) in [6.07, 6.45) is 0.556. The molecule has 0 aliphatic heterocycles. The molecule has 2 aromatic carbocycles. The van der Waals surface area contributed by atoms with Crippen LogP contribution in [0.4, 0.5) is 0 Å². The highest BCUT2D eigenvalue weighted by molar-refractivity contribution is 7.89. The van der Waals surface area contributed by atoms with Crippen molar-refractivity contribution in [3.8, 4) is 5.75 Å². The normalized spacial score (nSPS) is 12.2. The van der Waals surface area contributed by atoms with Crippen LogP contribution < -0.4 is 4.83 Å². The number of benzene rings is 2. The van der Waals surface area contributed by atoms with E-state index in [2.05, 4.69) is 9.93 Å². The highest BCUT2D eigenvalue weighted by Crippen LogP contribution is 2.17. The van der Waals surface area contributed by atoms with Gasteiger partial charge in [-0.25, -0.2) is 0 Å². The van der Waals surface area contributed by atoms with Crippen molar-refractivity contribution in [3.63, 3.8) is 0 Å². The van der Waals surface area contributed by atoms with Crippen LogP contribution in [-0.4, -0.2) is 19.2 Å². The van der Waals surface area contributed by atoms with E-state index in [1.54, 1.807) is 43.3 Å². The summed E-state index contributed by atoms with van der Waals surface area (Å²) in [7, 11) is -3.72. The molecular formula is C17H20N2O3S. The second-order valence-electron chi connectivity index (χ2n) is 5.32. The molecule has 0 spiro atoms. The lowest BCUT2D eigenvalue weighted by molar-refractivity contribution is 0.475. The number of phenolic OH excluding ortho intramolecular Hbond substituents is 1.